The fourth-order valence-corrected chi connectivity index (χ4v) is 4.40. The van der Waals surface area contributed by atoms with Crippen LogP contribution in [0.25, 0.3) is 33.2 Å². The fourth-order valence-electron chi connectivity index (χ4n) is 3.59. The van der Waals surface area contributed by atoms with Gasteiger partial charge in [0.25, 0.3) is 0 Å². The molecule has 2 nitrogen and oxygen atoms in total. The maximum atomic E-state index is 4.46. The molecule has 1 heterocycles. The van der Waals surface area contributed by atoms with Gasteiger partial charge in [-0.25, -0.2) is 0 Å². The third-order valence-electron chi connectivity index (χ3n) is 5.18. The summed E-state index contributed by atoms with van der Waals surface area (Å²) in [5.41, 5.74) is 5.71. The Hall–Kier alpha value is -3.43. The minimum Gasteiger partial charge on any atom is -0.149 e. The second-order valence-corrected chi connectivity index (χ2v) is 8.12. The van der Waals surface area contributed by atoms with Crippen molar-refractivity contribution in [3.63, 3.8) is 0 Å². The van der Waals surface area contributed by atoms with E-state index >= 15 is 0 Å². The van der Waals surface area contributed by atoms with E-state index in [4.69, 9.17) is 0 Å². The second-order valence-electron chi connectivity index (χ2n) is 7.13. The molecule has 0 spiro atoms. The van der Waals surface area contributed by atoms with Gasteiger partial charge in [-0.1, -0.05) is 109 Å². The number of hydrogen-bond donors (Lipinski definition) is 0. The molecule has 1 aromatic heterocycles. The molecule has 0 amide bonds. The zero-order chi connectivity index (χ0) is 20.2. The highest BCUT2D eigenvalue weighted by Crippen LogP contribution is 2.28. The van der Waals surface area contributed by atoms with E-state index in [-0.39, 0.29) is 0 Å². The van der Waals surface area contributed by atoms with Gasteiger partial charge >= 0.3 is 0 Å². The molecule has 5 aromatic rings. The third kappa shape index (κ3) is 3.98. The summed E-state index contributed by atoms with van der Waals surface area (Å²) in [6, 6.07) is 37.9. The molecule has 3 heteroatoms. The molecule has 0 unspecified atom stereocenters. The highest BCUT2D eigenvalue weighted by Gasteiger charge is 2.05. The van der Waals surface area contributed by atoms with Crippen LogP contribution in [0, 0.1) is 0 Å². The molecule has 0 atom stereocenters. The zero-order valence-corrected chi connectivity index (χ0v) is 17.2. The van der Waals surface area contributed by atoms with E-state index in [1.54, 1.807) is 11.8 Å². The lowest BCUT2D eigenvalue weighted by Crippen LogP contribution is -1.91. The van der Waals surface area contributed by atoms with Crippen molar-refractivity contribution in [2.75, 3.05) is 0 Å². The lowest BCUT2D eigenvalue weighted by Gasteiger charge is -2.07. The van der Waals surface area contributed by atoms with Crippen molar-refractivity contribution in [2.24, 2.45) is 0 Å². The SMILES string of the molecule is c1ccc(-c2ccc(-c3ccc(SCc4cccc5ccccc45)nn3)cc2)cc1. The van der Waals surface area contributed by atoms with Crippen molar-refractivity contribution in [3.8, 4) is 22.4 Å². The molecule has 0 bridgehead atoms. The number of nitrogens with zero attached hydrogens (tertiary/aromatic N) is 2. The van der Waals surface area contributed by atoms with Gasteiger partial charge in [0.05, 0.1) is 5.69 Å². The zero-order valence-electron chi connectivity index (χ0n) is 16.4. The summed E-state index contributed by atoms with van der Waals surface area (Å²) in [6.45, 7) is 0. The molecule has 0 saturated carbocycles. The van der Waals surface area contributed by atoms with E-state index < -0.39 is 0 Å². The summed E-state index contributed by atoms with van der Waals surface area (Å²) >= 11 is 1.72. The molecule has 0 aliphatic heterocycles. The standard InChI is InChI=1S/C27H20N2S/c1-2-7-20(8-3-1)21-13-15-23(16-14-21)26-17-18-27(29-28-26)30-19-24-11-6-10-22-9-4-5-12-25(22)24/h1-18H,19H2. The number of benzene rings is 4. The first-order valence-corrected chi connectivity index (χ1v) is 10.9. The molecule has 0 aliphatic rings. The summed E-state index contributed by atoms with van der Waals surface area (Å²) < 4.78 is 0. The molecule has 30 heavy (non-hydrogen) atoms. The molecule has 144 valence electrons. The predicted octanol–water partition coefficient (Wildman–Crippen LogP) is 7.26. The van der Waals surface area contributed by atoms with Crippen LogP contribution < -0.4 is 0 Å². The van der Waals surface area contributed by atoms with Gasteiger partial charge in [-0.2, -0.15) is 0 Å². The van der Waals surface area contributed by atoms with Crippen LogP contribution in [-0.4, -0.2) is 10.2 Å². The Morgan fingerprint density at radius 2 is 1.23 bits per heavy atom. The van der Waals surface area contributed by atoms with Crippen molar-refractivity contribution >= 4 is 22.5 Å². The number of rotatable bonds is 5. The molecule has 0 fully saturated rings. The van der Waals surface area contributed by atoms with Gasteiger partial charge < -0.3 is 0 Å². The average Bonchev–Trinajstić information content (AvgIpc) is 2.84. The molecule has 5 rings (SSSR count). The normalized spacial score (nSPS) is 10.9. The molecular formula is C27H20N2S. The van der Waals surface area contributed by atoms with Gasteiger partial charge in [-0.05, 0) is 39.6 Å². The van der Waals surface area contributed by atoms with E-state index in [2.05, 4.69) is 113 Å². The number of hydrogen-bond acceptors (Lipinski definition) is 3. The Kier molecular flexibility index (Phi) is 5.28. The topological polar surface area (TPSA) is 25.8 Å². The quantitative estimate of drug-likeness (QED) is 0.288. The Bertz CT molecular complexity index is 1260. The highest BCUT2D eigenvalue weighted by molar-refractivity contribution is 7.98. The van der Waals surface area contributed by atoms with Gasteiger partial charge in [-0.3, -0.25) is 0 Å². The van der Waals surface area contributed by atoms with Crippen molar-refractivity contribution in [3.05, 3.63) is 115 Å². The van der Waals surface area contributed by atoms with Gasteiger partial charge in [0, 0.05) is 11.3 Å². The summed E-state index contributed by atoms with van der Waals surface area (Å²) in [4.78, 5) is 0. The largest absolute Gasteiger partial charge is 0.149 e. The van der Waals surface area contributed by atoms with Crippen LogP contribution >= 0.6 is 11.8 Å². The maximum Gasteiger partial charge on any atom is 0.119 e. The molecule has 0 radical (unpaired) electrons. The van der Waals surface area contributed by atoms with Crippen molar-refractivity contribution in [1.29, 1.82) is 0 Å². The van der Waals surface area contributed by atoms with Gasteiger partial charge in [0.1, 0.15) is 5.03 Å². The average molecular weight is 405 g/mol. The van der Waals surface area contributed by atoms with Gasteiger partial charge in [-0.15, -0.1) is 10.2 Å². The highest BCUT2D eigenvalue weighted by atomic mass is 32.2. The maximum absolute atomic E-state index is 4.46. The van der Waals surface area contributed by atoms with E-state index in [0.29, 0.717) is 0 Å². The summed E-state index contributed by atoms with van der Waals surface area (Å²) in [5, 5.41) is 12.4. The first kappa shape index (κ1) is 18.6. The van der Waals surface area contributed by atoms with E-state index in [9.17, 15) is 0 Å². The van der Waals surface area contributed by atoms with E-state index in [1.807, 2.05) is 6.07 Å². The lowest BCUT2D eigenvalue weighted by molar-refractivity contribution is 0.935. The Labute approximate surface area is 180 Å². The molecular weight excluding hydrogens is 384 g/mol. The van der Waals surface area contributed by atoms with Crippen LogP contribution in [0.3, 0.4) is 0 Å². The monoisotopic (exact) mass is 404 g/mol. The predicted molar refractivity (Wildman–Crippen MR) is 126 cm³/mol. The Balaban J connectivity index is 1.30. The fraction of sp³-hybridized carbons (Fsp3) is 0.0370. The molecule has 0 saturated heterocycles. The van der Waals surface area contributed by atoms with Crippen LogP contribution in [0.1, 0.15) is 5.56 Å². The molecule has 0 N–H and O–H groups in total. The number of aromatic nitrogens is 2. The van der Waals surface area contributed by atoms with E-state index in [0.717, 1.165) is 22.0 Å². The van der Waals surface area contributed by atoms with Crippen LogP contribution in [0.4, 0.5) is 0 Å². The Morgan fingerprint density at radius 3 is 2.03 bits per heavy atom. The number of thioether (sulfide) groups is 1. The third-order valence-corrected chi connectivity index (χ3v) is 6.15. The van der Waals surface area contributed by atoms with Crippen LogP contribution in [0.2, 0.25) is 0 Å². The van der Waals surface area contributed by atoms with Crippen LogP contribution in [0.15, 0.2) is 114 Å². The minimum atomic E-state index is 0.876. The first-order chi connectivity index (χ1) is 14.9. The lowest BCUT2D eigenvalue weighted by atomic mass is 10.0. The van der Waals surface area contributed by atoms with Crippen molar-refractivity contribution in [2.45, 2.75) is 10.8 Å². The van der Waals surface area contributed by atoms with Gasteiger partial charge in [0.2, 0.25) is 0 Å². The summed E-state index contributed by atoms with van der Waals surface area (Å²) in [7, 11) is 0. The summed E-state index contributed by atoms with van der Waals surface area (Å²) in [5.74, 6) is 0.876. The van der Waals surface area contributed by atoms with E-state index in [1.165, 1.54) is 27.5 Å². The second kappa shape index (κ2) is 8.52. The Morgan fingerprint density at radius 1 is 0.533 bits per heavy atom. The van der Waals surface area contributed by atoms with Crippen LogP contribution in [0.5, 0.6) is 0 Å². The van der Waals surface area contributed by atoms with Crippen molar-refractivity contribution < 1.29 is 0 Å². The summed E-state index contributed by atoms with van der Waals surface area (Å²) in [6.07, 6.45) is 0. The van der Waals surface area contributed by atoms with Crippen molar-refractivity contribution in [1.82, 2.24) is 10.2 Å². The molecule has 0 aliphatic carbocycles. The van der Waals surface area contributed by atoms with Gasteiger partial charge in [0.15, 0.2) is 0 Å². The smallest absolute Gasteiger partial charge is 0.119 e. The minimum absolute atomic E-state index is 0.876. The molecule has 4 aromatic carbocycles. The first-order valence-electron chi connectivity index (χ1n) is 9.96. The van der Waals surface area contributed by atoms with Crippen LogP contribution in [-0.2, 0) is 5.75 Å². The number of fused-ring (bicyclic) bond motifs is 1.